The third-order valence-electron chi connectivity index (χ3n) is 4.96. The summed E-state index contributed by atoms with van der Waals surface area (Å²) < 4.78 is 2.21. The van der Waals surface area contributed by atoms with Gasteiger partial charge in [0, 0.05) is 16.2 Å². The second-order valence-electron chi connectivity index (χ2n) is 7.07. The van der Waals surface area contributed by atoms with E-state index in [2.05, 4.69) is 19.9 Å². The first-order chi connectivity index (χ1) is 16.5. The van der Waals surface area contributed by atoms with Crippen LogP contribution in [0.2, 0.25) is 0 Å². The summed E-state index contributed by atoms with van der Waals surface area (Å²) >= 11 is 0. The first kappa shape index (κ1) is 24.4. The molecule has 6 rings (SSSR count). The molecule has 2 aromatic carbocycles. The molecule has 34 heavy (non-hydrogen) atoms. The largest absolute Gasteiger partial charge is 0.428 e. The van der Waals surface area contributed by atoms with Crippen molar-refractivity contribution in [1.29, 1.82) is 0 Å². The molecule has 0 unspecified atom stereocenters. The lowest BCUT2D eigenvalue weighted by atomic mass is 10.1. The van der Waals surface area contributed by atoms with E-state index in [-0.39, 0.29) is 0 Å². The Balaban J connectivity index is 0.000000167. The zero-order chi connectivity index (χ0) is 24.8. The number of hydrogen-bond acceptors (Lipinski definition) is 5. The summed E-state index contributed by atoms with van der Waals surface area (Å²) in [6.45, 7) is 11.7. The summed E-state index contributed by atoms with van der Waals surface area (Å²) in [4.78, 5) is 16.1. The third kappa shape index (κ3) is 4.61. The molecule has 2 aromatic heterocycles. The molecular formula is C26H31N6O2+. The predicted octanol–water partition coefficient (Wildman–Crippen LogP) is 5.68. The van der Waals surface area contributed by atoms with Crippen molar-refractivity contribution in [3.8, 4) is 11.4 Å². The van der Waals surface area contributed by atoms with Crippen LogP contribution in [-0.4, -0.2) is 35.1 Å². The van der Waals surface area contributed by atoms with Crippen molar-refractivity contribution in [3.05, 3.63) is 72.6 Å². The van der Waals surface area contributed by atoms with Gasteiger partial charge in [-0.15, -0.1) is 0 Å². The molecule has 0 atom stereocenters. The molecule has 3 N–H and O–H groups in total. The van der Waals surface area contributed by atoms with Gasteiger partial charge in [-0.25, -0.2) is 15.0 Å². The number of para-hydroxylation sites is 2. The van der Waals surface area contributed by atoms with Gasteiger partial charge in [0.05, 0.1) is 17.1 Å². The van der Waals surface area contributed by atoms with E-state index in [1.807, 2.05) is 90.1 Å². The summed E-state index contributed by atoms with van der Waals surface area (Å²) in [5.41, 5.74) is 4.80. The number of benzene rings is 2. The number of hydrogen-bond donors (Lipinski definition) is 3. The van der Waals surface area contributed by atoms with Crippen LogP contribution in [0.25, 0.3) is 44.2 Å². The van der Waals surface area contributed by atoms with E-state index in [0.29, 0.717) is 5.69 Å². The minimum absolute atomic E-state index is 0.716. The van der Waals surface area contributed by atoms with E-state index in [9.17, 15) is 10.4 Å². The van der Waals surface area contributed by atoms with Gasteiger partial charge in [-0.1, -0.05) is 58.0 Å². The summed E-state index contributed by atoms with van der Waals surface area (Å²) in [6, 6.07) is 15.2. The quantitative estimate of drug-likeness (QED) is 0.200. The summed E-state index contributed by atoms with van der Waals surface area (Å²) in [6.07, 6.45) is 3.22. The van der Waals surface area contributed by atoms with Crippen LogP contribution in [-0.2, 0) is 0 Å². The molecule has 0 saturated heterocycles. The Kier molecular flexibility index (Phi) is 7.63. The van der Waals surface area contributed by atoms with Gasteiger partial charge in [-0.3, -0.25) is 5.21 Å². The fourth-order valence-corrected chi connectivity index (χ4v) is 3.69. The Morgan fingerprint density at radius 1 is 0.853 bits per heavy atom. The van der Waals surface area contributed by atoms with E-state index in [0.717, 1.165) is 59.6 Å². The number of aryl methyl sites for hydroxylation is 2. The highest BCUT2D eigenvalue weighted by Crippen LogP contribution is 2.27. The second kappa shape index (κ2) is 10.6. The lowest BCUT2D eigenvalue weighted by Gasteiger charge is -2.06. The van der Waals surface area contributed by atoms with Gasteiger partial charge in [0.25, 0.3) is 5.52 Å². The van der Waals surface area contributed by atoms with E-state index in [1.165, 1.54) is 0 Å². The van der Waals surface area contributed by atoms with Gasteiger partial charge in [0.1, 0.15) is 34.1 Å². The number of nitrogens with zero attached hydrogens (tertiary/aromatic N) is 5. The molecule has 0 spiro atoms. The van der Waals surface area contributed by atoms with E-state index in [4.69, 9.17) is 0 Å². The van der Waals surface area contributed by atoms with Crippen molar-refractivity contribution in [1.82, 2.24) is 24.7 Å². The standard InChI is InChI=1S/2C11H9N3O.2C2H6/c2*1-7-12-9-6-14(15)10-5-3-2-4-8(10)11(9)13-7;2*1-2/h2*2-6,15H,1H3;2*1-2H3/p+1. The van der Waals surface area contributed by atoms with Crippen molar-refractivity contribution in [2.45, 2.75) is 41.5 Å². The van der Waals surface area contributed by atoms with E-state index < -0.39 is 0 Å². The average Bonchev–Trinajstić information content (AvgIpc) is 3.43. The van der Waals surface area contributed by atoms with E-state index in [1.54, 1.807) is 12.4 Å². The smallest absolute Gasteiger partial charge is 0.266 e. The number of H-pyrrole nitrogens is 1. The average molecular weight is 460 g/mol. The molecule has 0 aliphatic carbocycles. The molecule has 0 bridgehead atoms. The highest BCUT2D eigenvalue weighted by molar-refractivity contribution is 5.99. The van der Waals surface area contributed by atoms with E-state index >= 15 is 0 Å². The van der Waals surface area contributed by atoms with Crippen LogP contribution in [0.4, 0.5) is 0 Å². The lowest BCUT2D eigenvalue weighted by molar-refractivity contribution is -0.883. The molecule has 8 nitrogen and oxygen atoms in total. The Hall–Kier alpha value is -4.20. The summed E-state index contributed by atoms with van der Waals surface area (Å²) in [5, 5.41) is 21.3. The first-order valence-electron chi connectivity index (χ1n) is 11.4. The van der Waals surface area contributed by atoms with Crippen LogP contribution in [0.5, 0.6) is 0 Å². The van der Waals surface area contributed by atoms with Crippen LogP contribution in [0, 0.1) is 13.8 Å². The van der Waals surface area contributed by atoms with Gasteiger partial charge in [-0.05, 0) is 26.0 Å². The molecule has 176 valence electrons. The van der Waals surface area contributed by atoms with Crippen molar-refractivity contribution in [2.24, 2.45) is 0 Å². The minimum atomic E-state index is 0.716. The monoisotopic (exact) mass is 459 g/mol. The summed E-state index contributed by atoms with van der Waals surface area (Å²) in [5.74, 6) is 1.57. The minimum Gasteiger partial charge on any atom is -0.428 e. The van der Waals surface area contributed by atoms with Gasteiger partial charge in [-0.2, -0.15) is 4.73 Å². The Bertz CT molecular complexity index is 1490. The molecule has 8 heteroatoms. The molecule has 0 radical (unpaired) electrons. The highest BCUT2D eigenvalue weighted by Gasteiger charge is 2.15. The molecule has 0 amide bonds. The Morgan fingerprint density at radius 3 is 2.24 bits per heavy atom. The number of imidazole rings is 2. The van der Waals surface area contributed by atoms with Crippen LogP contribution in [0.15, 0.2) is 60.9 Å². The fraction of sp³-hybridized carbons (Fsp3) is 0.231. The zero-order valence-corrected chi connectivity index (χ0v) is 20.4. The zero-order valence-electron chi connectivity index (χ0n) is 20.4. The van der Waals surface area contributed by atoms with Crippen LogP contribution in [0.1, 0.15) is 39.3 Å². The molecule has 2 aliphatic heterocycles. The number of aromatic nitrogens is 6. The van der Waals surface area contributed by atoms with Crippen molar-refractivity contribution in [3.63, 3.8) is 0 Å². The molecule has 4 aromatic rings. The number of nitrogens with one attached hydrogen (secondary N) is 1. The van der Waals surface area contributed by atoms with Crippen molar-refractivity contribution in [2.75, 3.05) is 0 Å². The SMILES string of the molecule is CC.CC.Cc1nc2c(c[n+](O)c3ccccc23)[nH]1.Cc1nc2cn(O)c3ccccc3c-2n1. The Morgan fingerprint density at radius 2 is 1.50 bits per heavy atom. The number of fused-ring (bicyclic) bond motifs is 6. The first-order valence-corrected chi connectivity index (χ1v) is 11.4. The fourth-order valence-electron chi connectivity index (χ4n) is 3.69. The number of rotatable bonds is 0. The van der Waals surface area contributed by atoms with Gasteiger partial charge in [0.2, 0.25) is 6.20 Å². The van der Waals surface area contributed by atoms with Crippen LogP contribution in [0.3, 0.4) is 0 Å². The molecule has 2 aliphatic rings. The molecule has 0 fully saturated rings. The molecule has 0 saturated carbocycles. The van der Waals surface area contributed by atoms with Crippen molar-refractivity contribution < 1.29 is 15.1 Å². The topological polar surface area (TPSA) is 104 Å². The second-order valence-corrected chi connectivity index (χ2v) is 7.07. The van der Waals surface area contributed by atoms with Gasteiger partial charge >= 0.3 is 0 Å². The highest BCUT2D eigenvalue weighted by atomic mass is 16.5. The van der Waals surface area contributed by atoms with Crippen LogP contribution >= 0.6 is 0 Å². The lowest BCUT2D eigenvalue weighted by Crippen LogP contribution is -2.30. The van der Waals surface area contributed by atoms with Gasteiger partial charge in [0.15, 0.2) is 0 Å². The van der Waals surface area contributed by atoms with Gasteiger partial charge < -0.3 is 10.2 Å². The predicted molar refractivity (Wildman–Crippen MR) is 134 cm³/mol. The maximum absolute atomic E-state index is 9.75. The third-order valence-corrected chi connectivity index (χ3v) is 4.96. The number of pyridine rings is 2. The summed E-state index contributed by atoms with van der Waals surface area (Å²) in [7, 11) is 0. The molecule has 4 heterocycles. The maximum Gasteiger partial charge on any atom is 0.266 e. The van der Waals surface area contributed by atoms with Crippen LogP contribution < -0.4 is 4.73 Å². The molecular weight excluding hydrogens is 428 g/mol. The Labute approximate surface area is 198 Å². The maximum atomic E-state index is 9.75. The van der Waals surface area contributed by atoms with Crippen molar-refractivity contribution >= 4 is 32.8 Å². The number of aromatic amines is 1. The normalized spacial score (nSPS) is 10.3.